The highest BCUT2D eigenvalue weighted by Gasteiger charge is 2.24. The molecule has 2 saturated heterocycles. The number of anilines is 1. The number of aromatic amines is 1. The van der Waals surface area contributed by atoms with E-state index in [9.17, 15) is 0 Å². The monoisotopic (exact) mass is 501 g/mol. The largest absolute Gasteiger partial charge is 0.378 e. The van der Waals surface area contributed by atoms with Crippen LogP contribution in [-0.2, 0) is 11.3 Å². The van der Waals surface area contributed by atoms with Crippen LogP contribution >= 0.6 is 0 Å². The summed E-state index contributed by atoms with van der Waals surface area (Å²) in [6.07, 6.45) is 4.28. The molecule has 0 spiro atoms. The molecule has 0 amide bonds. The van der Waals surface area contributed by atoms with Gasteiger partial charge in [0.2, 0.25) is 0 Å². The Bertz CT molecular complexity index is 1360. The van der Waals surface area contributed by atoms with E-state index in [1.807, 2.05) is 12.3 Å². The van der Waals surface area contributed by atoms with Gasteiger partial charge in [0.15, 0.2) is 17.0 Å². The van der Waals surface area contributed by atoms with Crippen molar-refractivity contribution in [1.82, 2.24) is 39.5 Å². The van der Waals surface area contributed by atoms with E-state index in [0.717, 1.165) is 66.8 Å². The topological polar surface area (TPSA) is 91.2 Å². The fourth-order valence-corrected chi connectivity index (χ4v) is 5.29. The number of benzene rings is 1. The molecule has 4 aromatic rings. The number of fused-ring (bicyclic) bond motifs is 1. The summed E-state index contributed by atoms with van der Waals surface area (Å²) in [5, 5.41) is 4.81. The van der Waals surface area contributed by atoms with E-state index in [1.54, 1.807) is 4.68 Å². The number of imidazole rings is 1. The average Bonchev–Trinajstić information content (AvgIpc) is 3.56. The lowest BCUT2D eigenvalue weighted by Gasteiger charge is -2.34. The zero-order valence-corrected chi connectivity index (χ0v) is 21.9. The van der Waals surface area contributed by atoms with Crippen LogP contribution in [0.5, 0.6) is 0 Å². The van der Waals surface area contributed by atoms with Crippen LogP contribution in [0.15, 0.2) is 36.5 Å². The van der Waals surface area contributed by atoms with Crippen molar-refractivity contribution < 1.29 is 4.74 Å². The van der Waals surface area contributed by atoms with Crippen LogP contribution in [0.4, 0.5) is 5.82 Å². The first-order valence-electron chi connectivity index (χ1n) is 13.1. The molecule has 2 fully saturated rings. The summed E-state index contributed by atoms with van der Waals surface area (Å²) in [6, 6.07) is 11.0. The summed E-state index contributed by atoms with van der Waals surface area (Å²) >= 11 is 0. The molecule has 2 aliphatic rings. The van der Waals surface area contributed by atoms with Crippen molar-refractivity contribution in [2.24, 2.45) is 0 Å². The summed E-state index contributed by atoms with van der Waals surface area (Å²) < 4.78 is 7.36. The number of aromatic nitrogens is 6. The third-order valence-corrected chi connectivity index (χ3v) is 7.44. The summed E-state index contributed by atoms with van der Waals surface area (Å²) in [6.45, 7) is 7.93. The maximum absolute atomic E-state index is 5.60. The number of morpholine rings is 1. The molecule has 0 atom stereocenters. The summed E-state index contributed by atoms with van der Waals surface area (Å²) in [5.41, 5.74) is 4.74. The third kappa shape index (κ3) is 5.09. The number of piperidine rings is 1. The van der Waals surface area contributed by atoms with E-state index < -0.39 is 0 Å². The van der Waals surface area contributed by atoms with E-state index in [-0.39, 0.29) is 0 Å². The minimum Gasteiger partial charge on any atom is -0.378 e. The Morgan fingerprint density at radius 2 is 1.84 bits per heavy atom. The van der Waals surface area contributed by atoms with Crippen LogP contribution in [0.1, 0.15) is 24.2 Å². The van der Waals surface area contributed by atoms with E-state index >= 15 is 0 Å². The van der Waals surface area contributed by atoms with E-state index in [0.29, 0.717) is 25.2 Å². The maximum atomic E-state index is 5.60. The number of ether oxygens (including phenoxy) is 1. The number of hydrogen-bond acceptors (Lipinski definition) is 8. The molecular formula is C27H35N9O. The molecular weight excluding hydrogens is 466 g/mol. The fourth-order valence-electron chi connectivity index (χ4n) is 5.29. The summed E-state index contributed by atoms with van der Waals surface area (Å²) in [4.78, 5) is 25.4. The predicted molar refractivity (Wildman–Crippen MR) is 144 cm³/mol. The minimum atomic E-state index is 0.537. The van der Waals surface area contributed by atoms with E-state index in [1.165, 1.54) is 18.4 Å². The molecule has 0 saturated carbocycles. The molecule has 10 heteroatoms. The van der Waals surface area contributed by atoms with Crippen LogP contribution in [0, 0.1) is 6.92 Å². The molecule has 3 aromatic heterocycles. The standard InChI is InChI=1S/C27H35N9O/c1-19-5-4-6-20(17-19)22-9-12-36(32-22)27-30-25-24(26(31-27)35-13-15-37-16-14-35)28-23(29-25)18-34-10-7-21(8-11-34)33(2)3/h4-6,9,12,17,21H,7-8,10-11,13-16,18H2,1-3H3,(H,28,29,30,31). The van der Waals surface area contributed by atoms with Gasteiger partial charge >= 0.3 is 0 Å². The Kier molecular flexibility index (Phi) is 6.62. The molecule has 0 bridgehead atoms. The first kappa shape index (κ1) is 24.0. The lowest BCUT2D eigenvalue weighted by Crippen LogP contribution is -2.41. The molecule has 1 N–H and O–H groups in total. The van der Waals surface area contributed by atoms with Crippen LogP contribution in [-0.4, -0.2) is 99.0 Å². The van der Waals surface area contributed by atoms with Crippen molar-refractivity contribution in [2.45, 2.75) is 32.4 Å². The van der Waals surface area contributed by atoms with Gasteiger partial charge in [0.25, 0.3) is 5.95 Å². The Morgan fingerprint density at radius 1 is 1.03 bits per heavy atom. The minimum absolute atomic E-state index is 0.537. The third-order valence-electron chi connectivity index (χ3n) is 7.44. The van der Waals surface area contributed by atoms with Crippen LogP contribution in [0.3, 0.4) is 0 Å². The van der Waals surface area contributed by atoms with Crippen molar-refractivity contribution in [3.05, 3.63) is 47.9 Å². The van der Waals surface area contributed by atoms with Gasteiger partial charge in [-0.15, -0.1) is 0 Å². The van der Waals surface area contributed by atoms with Gasteiger partial charge in [-0.3, -0.25) is 4.90 Å². The summed E-state index contributed by atoms with van der Waals surface area (Å²) in [7, 11) is 4.35. The number of nitrogens with one attached hydrogen (secondary N) is 1. The number of likely N-dealkylation sites (tertiary alicyclic amines) is 1. The van der Waals surface area contributed by atoms with E-state index in [4.69, 9.17) is 24.8 Å². The molecule has 6 rings (SSSR count). The van der Waals surface area contributed by atoms with Crippen LogP contribution in [0.25, 0.3) is 28.4 Å². The number of hydrogen-bond donors (Lipinski definition) is 1. The Morgan fingerprint density at radius 3 is 2.59 bits per heavy atom. The molecule has 10 nitrogen and oxygen atoms in total. The molecule has 2 aliphatic heterocycles. The van der Waals surface area contributed by atoms with Crippen molar-refractivity contribution >= 4 is 17.0 Å². The van der Waals surface area contributed by atoms with Gasteiger partial charge in [0.05, 0.1) is 25.5 Å². The smallest absolute Gasteiger partial charge is 0.254 e. The second-order valence-corrected chi connectivity index (χ2v) is 10.3. The van der Waals surface area contributed by atoms with Crippen LogP contribution < -0.4 is 4.90 Å². The lowest BCUT2D eigenvalue weighted by atomic mass is 10.0. The van der Waals surface area contributed by atoms with Gasteiger partial charge in [-0.25, -0.2) is 9.67 Å². The Hall–Kier alpha value is -3.34. The number of H-pyrrole nitrogens is 1. The quantitative estimate of drug-likeness (QED) is 0.431. The second kappa shape index (κ2) is 10.2. The van der Waals surface area contributed by atoms with Gasteiger partial charge in [-0.05, 0) is 46.0 Å². The zero-order chi connectivity index (χ0) is 25.4. The average molecular weight is 502 g/mol. The van der Waals surface area contributed by atoms with Crippen molar-refractivity contribution in [3.8, 4) is 17.2 Å². The first-order chi connectivity index (χ1) is 18.0. The highest BCUT2D eigenvalue weighted by atomic mass is 16.5. The molecule has 1 aromatic carbocycles. The fraction of sp³-hybridized carbons (Fsp3) is 0.481. The highest BCUT2D eigenvalue weighted by molar-refractivity contribution is 5.84. The zero-order valence-electron chi connectivity index (χ0n) is 21.9. The normalized spacial score (nSPS) is 17.8. The molecule has 5 heterocycles. The SMILES string of the molecule is Cc1cccc(-c2ccn(-c3nc(N4CCOCC4)c4nc(CN5CCC(N(C)C)CC5)[nH]c4n3)n2)c1. The van der Waals surface area contributed by atoms with Gasteiger partial charge < -0.3 is 19.5 Å². The maximum Gasteiger partial charge on any atom is 0.254 e. The van der Waals surface area contributed by atoms with Crippen molar-refractivity contribution in [2.75, 3.05) is 58.4 Å². The van der Waals surface area contributed by atoms with Crippen molar-refractivity contribution in [3.63, 3.8) is 0 Å². The molecule has 0 unspecified atom stereocenters. The number of nitrogens with zero attached hydrogens (tertiary/aromatic N) is 8. The van der Waals surface area contributed by atoms with Crippen molar-refractivity contribution in [1.29, 1.82) is 0 Å². The van der Waals surface area contributed by atoms with Gasteiger partial charge in [-0.2, -0.15) is 15.1 Å². The Labute approximate surface area is 217 Å². The second-order valence-electron chi connectivity index (χ2n) is 10.3. The van der Waals surface area contributed by atoms with Gasteiger partial charge in [-0.1, -0.05) is 23.8 Å². The lowest BCUT2D eigenvalue weighted by molar-refractivity contribution is 0.122. The first-order valence-corrected chi connectivity index (χ1v) is 13.1. The Balaban J connectivity index is 1.32. The van der Waals surface area contributed by atoms with Crippen LogP contribution in [0.2, 0.25) is 0 Å². The molecule has 0 radical (unpaired) electrons. The summed E-state index contributed by atoms with van der Waals surface area (Å²) in [5.74, 6) is 2.31. The van der Waals surface area contributed by atoms with Gasteiger partial charge in [0, 0.05) is 44.0 Å². The number of rotatable bonds is 6. The molecule has 37 heavy (non-hydrogen) atoms. The molecule has 194 valence electrons. The van der Waals surface area contributed by atoms with E-state index in [2.05, 4.69) is 65.0 Å². The highest BCUT2D eigenvalue weighted by Crippen LogP contribution is 2.26. The molecule has 0 aliphatic carbocycles. The van der Waals surface area contributed by atoms with Gasteiger partial charge in [0.1, 0.15) is 5.82 Å². The number of aryl methyl sites for hydroxylation is 1. The predicted octanol–water partition coefficient (Wildman–Crippen LogP) is 2.88.